The molecule has 0 N–H and O–H groups in total. The normalized spacial score (nSPS) is 17.9. The lowest BCUT2D eigenvalue weighted by Gasteiger charge is -2.43. The zero-order valence-corrected chi connectivity index (χ0v) is 16.7. The molecule has 0 saturated carbocycles. The van der Waals surface area contributed by atoms with Crippen LogP contribution >= 0.6 is 11.3 Å². The molecule has 5 rings (SSSR count). The Morgan fingerprint density at radius 2 is 2.03 bits per heavy atom. The standard InChI is InChI=1S/C20H21N5O3S/c26-18(13-27-17-3-1-16(2-4-17)25-14-21-22-23-25)24-9-7-20(8-10-24)19-15(5-11-28-20)6-12-29-19/h1-4,6,12,14H,5,7-11,13H2. The number of tetrazole rings is 1. The highest BCUT2D eigenvalue weighted by Gasteiger charge is 2.42. The summed E-state index contributed by atoms with van der Waals surface area (Å²) in [5.74, 6) is 0.647. The lowest BCUT2D eigenvalue weighted by molar-refractivity contribution is -0.142. The van der Waals surface area contributed by atoms with Gasteiger partial charge < -0.3 is 14.4 Å². The third-order valence-corrected chi connectivity index (χ3v) is 6.79. The van der Waals surface area contributed by atoms with Crippen molar-refractivity contribution in [1.82, 2.24) is 25.1 Å². The van der Waals surface area contributed by atoms with E-state index >= 15 is 0 Å². The summed E-state index contributed by atoms with van der Waals surface area (Å²) >= 11 is 1.78. The van der Waals surface area contributed by atoms with Crippen LogP contribution in [0.4, 0.5) is 0 Å². The average molecular weight is 411 g/mol. The number of aromatic nitrogens is 4. The van der Waals surface area contributed by atoms with Crippen molar-refractivity contribution in [2.75, 3.05) is 26.3 Å². The fourth-order valence-electron chi connectivity index (χ4n) is 4.05. The van der Waals surface area contributed by atoms with Crippen LogP contribution in [0, 0.1) is 0 Å². The fourth-order valence-corrected chi connectivity index (χ4v) is 5.22. The molecule has 1 aromatic carbocycles. The van der Waals surface area contributed by atoms with E-state index in [0.29, 0.717) is 18.8 Å². The number of ether oxygens (including phenoxy) is 2. The summed E-state index contributed by atoms with van der Waals surface area (Å²) in [6.45, 7) is 2.18. The van der Waals surface area contributed by atoms with E-state index in [1.807, 2.05) is 29.2 Å². The summed E-state index contributed by atoms with van der Waals surface area (Å²) in [5, 5.41) is 13.2. The van der Waals surface area contributed by atoms with Crippen molar-refractivity contribution in [2.24, 2.45) is 0 Å². The Kier molecular flexibility index (Phi) is 4.76. The molecular formula is C20H21N5O3S. The van der Waals surface area contributed by atoms with Crippen LogP contribution in [0.1, 0.15) is 23.3 Å². The van der Waals surface area contributed by atoms with Crippen LogP contribution in [0.3, 0.4) is 0 Å². The number of rotatable bonds is 4. The maximum Gasteiger partial charge on any atom is 0.260 e. The van der Waals surface area contributed by atoms with E-state index in [0.717, 1.165) is 31.6 Å². The Hall–Kier alpha value is -2.78. The van der Waals surface area contributed by atoms with E-state index in [9.17, 15) is 4.79 Å². The van der Waals surface area contributed by atoms with Gasteiger partial charge in [-0.05, 0) is 71.0 Å². The molecule has 2 aliphatic heterocycles. The summed E-state index contributed by atoms with van der Waals surface area (Å²) in [6.07, 6.45) is 4.20. The van der Waals surface area contributed by atoms with Crippen molar-refractivity contribution < 1.29 is 14.3 Å². The number of hydrogen-bond acceptors (Lipinski definition) is 7. The Bertz CT molecular complexity index is 978. The molecule has 3 aromatic rings. The SMILES string of the molecule is O=C(COc1ccc(-n2cnnn2)cc1)N1CCC2(CC1)OCCc1ccsc12. The van der Waals surface area contributed by atoms with E-state index in [2.05, 4.69) is 27.0 Å². The van der Waals surface area contributed by atoms with Crippen molar-refractivity contribution in [3.8, 4) is 11.4 Å². The van der Waals surface area contributed by atoms with Gasteiger partial charge >= 0.3 is 0 Å². The van der Waals surface area contributed by atoms with Gasteiger partial charge in [0.05, 0.1) is 12.3 Å². The van der Waals surface area contributed by atoms with Gasteiger partial charge in [0.1, 0.15) is 17.7 Å². The summed E-state index contributed by atoms with van der Waals surface area (Å²) in [7, 11) is 0. The number of carbonyl (C=O) groups excluding carboxylic acids is 1. The van der Waals surface area contributed by atoms with Crippen molar-refractivity contribution in [2.45, 2.75) is 24.9 Å². The third-order valence-electron chi connectivity index (χ3n) is 5.65. The van der Waals surface area contributed by atoms with E-state index in [4.69, 9.17) is 9.47 Å². The van der Waals surface area contributed by atoms with Gasteiger partial charge in [-0.2, -0.15) is 0 Å². The molecule has 1 fully saturated rings. The van der Waals surface area contributed by atoms with Crippen LogP contribution in [0.5, 0.6) is 5.75 Å². The van der Waals surface area contributed by atoms with Gasteiger partial charge in [0.15, 0.2) is 6.61 Å². The number of fused-ring (bicyclic) bond motifs is 2. The van der Waals surface area contributed by atoms with E-state index < -0.39 is 0 Å². The molecule has 0 bridgehead atoms. The molecular weight excluding hydrogens is 390 g/mol. The predicted octanol–water partition coefficient (Wildman–Crippen LogP) is 2.19. The second-order valence-corrected chi connectivity index (χ2v) is 8.20. The monoisotopic (exact) mass is 411 g/mol. The zero-order chi connectivity index (χ0) is 19.7. The maximum atomic E-state index is 12.6. The van der Waals surface area contributed by atoms with Gasteiger partial charge in [-0.15, -0.1) is 16.4 Å². The quantitative estimate of drug-likeness (QED) is 0.655. The molecule has 4 heterocycles. The van der Waals surface area contributed by atoms with Crippen molar-refractivity contribution in [3.05, 3.63) is 52.5 Å². The number of carbonyl (C=O) groups is 1. The number of amides is 1. The van der Waals surface area contributed by atoms with Gasteiger partial charge in [-0.25, -0.2) is 4.68 Å². The van der Waals surface area contributed by atoms with E-state index in [1.54, 1.807) is 16.0 Å². The second kappa shape index (κ2) is 7.57. The first kappa shape index (κ1) is 18.3. The summed E-state index contributed by atoms with van der Waals surface area (Å²) in [4.78, 5) is 15.9. The number of hydrogen-bond donors (Lipinski definition) is 0. The third kappa shape index (κ3) is 3.51. The van der Waals surface area contributed by atoms with Crippen LogP contribution in [-0.4, -0.2) is 57.3 Å². The molecule has 1 saturated heterocycles. The zero-order valence-electron chi connectivity index (χ0n) is 15.9. The maximum absolute atomic E-state index is 12.6. The van der Waals surface area contributed by atoms with Crippen LogP contribution < -0.4 is 4.74 Å². The molecule has 150 valence electrons. The molecule has 2 aromatic heterocycles. The smallest absolute Gasteiger partial charge is 0.260 e. The van der Waals surface area contributed by atoms with Gasteiger partial charge in [0.2, 0.25) is 0 Å². The minimum Gasteiger partial charge on any atom is -0.484 e. The molecule has 0 atom stereocenters. The number of nitrogens with zero attached hydrogens (tertiary/aromatic N) is 5. The summed E-state index contributed by atoms with van der Waals surface area (Å²) in [6, 6.07) is 9.52. The van der Waals surface area contributed by atoms with Crippen molar-refractivity contribution in [3.63, 3.8) is 0 Å². The fraction of sp³-hybridized carbons (Fsp3) is 0.400. The molecule has 9 heteroatoms. The molecule has 0 aliphatic carbocycles. The topological polar surface area (TPSA) is 82.4 Å². The Morgan fingerprint density at radius 1 is 1.21 bits per heavy atom. The first-order valence-electron chi connectivity index (χ1n) is 9.68. The first-order chi connectivity index (χ1) is 14.2. The van der Waals surface area contributed by atoms with Crippen LogP contribution in [0.15, 0.2) is 42.0 Å². The van der Waals surface area contributed by atoms with Gasteiger partial charge in [-0.1, -0.05) is 0 Å². The minimum atomic E-state index is -0.203. The summed E-state index contributed by atoms with van der Waals surface area (Å²) < 4.78 is 13.5. The summed E-state index contributed by atoms with van der Waals surface area (Å²) in [5.41, 5.74) is 2.04. The second-order valence-electron chi connectivity index (χ2n) is 7.29. The lowest BCUT2D eigenvalue weighted by atomic mass is 9.85. The number of piperidine rings is 1. The molecule has 2 aliphatic rings. The Balaban J connectivity index is 1.16. The Labute approximate surface area is 172 Å². The average Bonchev–Trinajstić information content (AvgIpc) is 3.46. The predicted molar refractivity (Wildman–Crippen MR) is 106 cm³/mol. The van der Waals surface area contributed by atoms with Gasteiger partial charge in [0, 0.05) is 18.0 Å². The van der Waals surface area contributed by atoms with Crippen molar-refractivity contribution >= 4 is 17.2 Å². The van der Waals surface area contributed by atoms with Crippen LogP contribution in [-0.2, 0) is 21.6 Å². The van der Waals surface area contributed by atoms with Crippen LogP contribution in [0.2, 0.25) is 0 Å². The van der Waals surface area contributed by atoms with Crippen LogP contribution in [0.25, 0.3) is 5.69 Å². The number of benzene rings is 1. The van der Waals surface area contributed by atoms with Gasteiger partial charge in [0.25, 0.3) is 5.91 Å². The molecule has 29 heavy (non-hydrogen) atoms. The molecule has 0 unspecified atom stereocenters. The highest BCUT2D eigenvalue weighted by atomic mass is 32.1. The molecule has 1 amide bonds. The first-order valence-corrected chi connectivity index (χ1v) is 10.6. The molecule has 1 spiro atoms. The van der Waals surface area contributed by atoms with E-state index in [-0.39, 0.29) is 18.1 Å². The molecule has 0 radical (unpaired) electrons. The largest absolute Gasteiger partial charge is 0.484 e. The highest BCUT2D eigenvalue weighted by molar-refractivity contribution is 7.10. The molecule has 8 nitrogen and oxygen atoms in total. The van der Waals surface area contributed by atoms with Gasteiger partial charge in [-0.3, -0.25) is 4.79 Å². The highest BCUT2D eigenvalue weighted by Crippen LogP contribution is 2.44. The lowest BCUT2D eigenvalue weighted by Crippen LogP contribution is -2.48. The van der Waals surface area contributed by atoms with E-state index in [1.165, 1.54) is 16.8 Å². The minimum absolute atomic E-state index is 0.00613. The van der Waals surface area contributed by atoms with Crippen molar-refractivity contribution in [1.29, 1.82) is 0 Å². The Morgan fingerprint density at radius 3 is 2.79 bits per heavy atom. The number of likely N-dealkylation sites (tertiary alicyclic amines) is 1. The number of thiophene rings is 1.